The number of hydrogen-bond acceptors (Lipinski definition) is 2. The van der Waals surface area contributed by atoms with Gasteiger partial charge in [-0.15, -0.1) is 0 Å². The second-order valence-corrected chi connectivity index (χ2v) is 7.61. The summed E-state index contributed by atoms with van der Waals surface area (Å²) in [6.45, 7) is 3.13. The highest BCUT2D eigenvalue weighted by Crippen LogP contribution is 2.49. The fraction of sp³-hybridized carbons (Fsp3) is 0.409. The largest absolute Gasteiger partial charge is 0.371 e. The molecule has 2 unspecified atom stereocenters. The third kappa shape index (κ3) is 2.62. The first-order valence-corrected chi connectivity index (χ1v) is 9.55. The summed E-state index contributed by atoms with van der Waals surface area (Å²) in [5.41, 5.74) is 5.08. The van der Waals surface area contributed by atoms with Gasteiger partial charge < -0.3 is 9.80 Å². The average molecular weight is 332 g/mol. The smallest absolute Gasteiger partial charge is 0.230 e. The highest BCUT2D eigenvalue weighted by Gasteiger charge is 2.46. The fourth-order valence-electron chi connectivity index (χ4n) is 4.51. The van der Waals surface area contributed by atoms with Gasteiger partial charge in [-0.2, -0.15) is 0 Å². The number of anilines is 2. The van der Waals surface area contributed by atoms with Crippen LogP contribution in [-0.2, 0) is 11.2 Å². The van der Waals surface area contributed by atoms with E-state index >= 15 is 0 Å². The quantitative estimate of drug-likeness (QED) is 0.849. The summed E-state index contributed by atoms with van der Waals surface area (Å²) in [6, 6.07) is 17.2. The molecular weight excluding hydrogens is 308 g/mol. The Hall–Kier alpha value is -2.29. The summed E-state index contributed by atoms with van der Waals surface area (Å²) in [7, 11) is 0. The molecule has 3 nitrogen and oxygen atoms in total. The van der Waals surface area contributed by atoms with Crippen molar-refractivity contribution in [3.8, 4) is 0 Å². The van der Waals surface area contributed by atoms with Crippen LogP contribution in [0.2, 0.25) is 0 Å². The summed E-state index contributed by atoms with van der Waals surface area (Å²) in [6.07, 6.45) is 4.55. The lowest BCUT2D eigenvalue weighted by Gasteiger charge is -2.22. The minimum absolute atomic E-state index is 0.170. The predicted molar refractivity (Wildman–Crippen MR) is 101 cm³/mol. The van der Waals surface area contributed by atoms with Crippen LogP contribution in [0.3, 0.4) is 0 Å². The molecule has 2 aliphatic heterocycles. The maximum atomic E-state index is 13.1. The minimum atomic E-state index is 0.170. The van der Waals surface area contributed by atoms with Crippen molar-refractivity contribution in [1.29, 1.82) is 0 Å². The van der Waals surface area contributed by atoms with Gasteiger partial charge in [0.15, 0.2) is 0 Å². The van der Waals surface area contributed by atoms with Crippen LogP contribution in [0.25, 0.3) is 0 Å². The lowest BCUT2D eigenvalue weighted by molar-refractivity contribution is -0.119. The number of amides is 1. The van der Waals surface area contributed by atoms with E-state index in [0.717, 1.165) is 38.2 Å². The lowest BCUT2D eigenvalue weighted by atomic mass is 10.1. The molecule has 128 valence electrons. The lowest BCUT2D eigenvalue weighted by Crippen LogP contribution is -2.31. The van der Waals surface area contributed by atoms with E-state index in [1.165, 1.54) is 29.7 Å². The third-order valence-electron chi connectivity index (χ3n) is 6.04. The molecule has 5 rings (SSSR count). The van der Waals surface area contributed by atoms with E-state index < -0.39 is 0 Å². The van der Waals surface area contributed by atoms with Gasteiger partial charge in [0.05, 0.1) is 0 Å². The highest BCUT2D eigenvalue weighted by molar-refractivity contribution is 5.99. The standard InChI is InChI=1S/C22H24N2O/c25-22(20-15-19(20)16-6-2-1-3-7-16)24-13-10-17-8-9-18(14-21(17)24)23-11-4-5-12-23/h1-3,6-9,14,19-20H,4-5,10-13,15H2. The number of carbonyl (C=O) groups is 1. The van der Waals surface area contributed by atoms with Gasteiger partial charge >= 0.3 is 0 Å². The molecule has 3 heteroatoms. The van der Waals surface area contributed by atoms with E-state index in [9.17, 15) is 4.79 Å². The predicted octanol–water partition coefficient (Wildman–Crippen LogP) is 3.98. The Bertz CT molecular complexity index is 795. The number of rotatable bonds is 3. The summed E-state index contributed by atoms with van der Waals surface area (Å²) in [5.74, 6) is 0.912. The van der Waals surface area contributed by atoms with Gasteiger partial charge in [0.25, 0.3) is 0 Å². The summed E-state index contributed by atoms with van der Waals surface area (Å²) < 4.78 is 0. The molecule has 2 aromatic carbocycles. The topological polar surface area (TPSA) is 23.6 Å². The van der Waals surface area contributed by atoms with Gasteiger partial charge in [-0.1, -0.05) is 36.4 Å². The highest BCUT2D eigenvalue weighted by atomic mass is 16.2. The molecule has 2 atom stereocenters. The molecule has 0 bridgehead atoms. The molecule has 2 heterocycles. The van der Waals surface area contributed by atoms with Crippen LogP contribution in [0.15, 0.2) is 48.5 Å². The van der Waals surface area contributed by atoms with E-state index in [0.29, 0.717) is 11.8 Å². The Morgan fingerprint density at radius 2 is 1.76 bits per heavy atom. The van der Waals surface area contributed by atoms with E-state index in [1.54, 1.807) is 0 Å². The normalized spacial score (nSPS) is 24.5. The van der Waals surface area contributed by atoms with Crippen molar-refractivity contribution in [1.82, 2.24) is 0 Å². The first-order valence-electron chi connectivity index (χ1n) is 9.55. The maximum absolute atomic E-state index is 13.1. The van der Waals surface area contributed by atoms with Gasteiger partial charge in [-0.3, -0.25) is 4.79 Å². The molecule has 2 fully saturated rings. The van der Waals surface area contributed by atoms with Crippen LogP contribution in [0.1, 0.15) is 36.3 Å². The van der Waals surface area contributed by atoms with E-state index in [2.05, 4.69) is 52.3 Å². The number of hydrogen-bond donors (Lipinski definition) is 0. The SMILES string of the molecule is O=C(C1CC1c1ccccc1)N1CCc2ccc(N3CCCC3)cc21. The Balaban J connectivity index is 1.36. The minimum Gasteiger partial charge on any atom is -0.371 e. The van der Waals surface area contributed by atoms with Gasteiger partial charge in [0, 0.05) is 36.9 Å². The van der Waals surface area contributed by atoms with Gasteiger partial charge in [0.1, 0.15) is 0 Å². The second-order valence-electron chi connectivity index (χ2n) is 7.61. The molecule has 0 spiro atoms. The Labute approximate surface area is 149 Å². The van der Waals surface area contributed by atoms with Crippen LogP contribution in [-0.4, -0.2) is 25.5 Å². The Morgan fingerprint density at radius 1 is 0.960 bits per heavy atom. The van der Waals surface area contributed by atoms with Crippen LogP contribution in [0, 0.1) is 5.92 Å². The molecule has 1 aliphatic carbocycles. The Kier molecular flexibility index (Phi) is 3.54. The van der Waals surface area contributed by atoms with Crippen LogP contribution >= 0.6 is 0 Å². The first kappa shape index (κ1) is 15.0. The van der Waals surface area contributed by atoms with Crippen molar-refractivity contribution in [3.05, 3.63) is 59.7 Å². The average Bonchev–Trinajstić information content (AvgIpc) is 3.06. The fourth-order valence-corrected chi connectivity index (χ4v) is 4.51. The van der Waals surface area contributed by atoms with Crippen molar-refractivity contribution in [2.24, 2.45) is 5.92 Å². The maximum Gasteiger partial charge on any atom is 0.230 e. The molecule has 1 saturated carbocycles. The first-order chi connectivity index (χ1) is 12.3. The second kappa shape index (κ2) is 5.91. The molecule has 1 saturated heterocycles. The van der Waals surface area contributed by atoms with Crippen molar-refractivity contribution in [2.45, 2.75) is 31.6 Å². The van der Waals surface area contributed by atoms with Gasteiger partial charge in [0.2, 0.25) is 5.91 Å². The van der Waals surface area contributed by atoms with Gasteiger partial charge in [-0.05, 0) is 54.9 Å². The number of carbonyl (C=O) groups excluding carboxylic acids is 1. The monoisotopic (exact) mass is 332 g/mol. The third-order valence-corrected chi connectivity index (χ3v) is 6.04. The number of benzene rings is 2. The van der Waals surface area contributed by atoms with Crippen LogP contribution in [0.4, 0.5) is 11.4 Å². The van der Waals surface area contributed by atoms with E-state index in [-0.39, 0.29) is 5.92 Å². The molecule has 1 amide bonds. The van der Waals surface area contributed by atoms with E-state index in [1.807, 2.05) is 6.07 Å². The molecule has 25 heavy (non-hydrogen) atoms. The van der Waals surface area contributed by atoms with Crippen LogP contribution < -0.4 is 9.80 Å². The zero-order valence-electron chi connectivity index (χ0n) is 14.5. The van der Waals surface area contributed by atoms with E-state index in [4.69, 9.17) is 0 Å². The Morgan fingerprint density at radius 3 is 2.56 bits per heavy atom. The zero-order chi connectivity index (χ0) is 16.8. The summed E-state index contributed by atoms with van der Waals surface area (Å²) in [4.78, 5) is 17.6. The molecule has 0 aromatic heterocycles. The van der Waals surface area contributed by atoms with Crippen molar-refractivity contribution >= 4 is 17.3 Å². The van der Waals surface area contributed by atoms with Crippen molar-refractivity contribution in [2.75, 3.05) is 29.4 Å². The molecular formula is C22H24N2O. The van der Waals surface area contributed by atoms with Crippen molar-refractivity contribution in [3.63, 3.8) is 0 Å². The number of fused-ring (bicyclic) bond motifs is 1. The zero-order valence-corrected chi connectivity index (χ0v) is 14.5. The van der Waals surface area contributed by atoms with Gasteiger partial charge in [-0.25, -0.2) is 0 Å². The van der Waals surface area contributed by atoms with Crippen molar-refractivity contribution < 1.29 is 4.79 Å². The van der Waals surface area contributed by atoms with Crippen LogP contribution in [0.5, 0.6) is 0 Å². The number of nitrogens with zero attached hydrogens (tertiary/aromatic N) is 2. The molecule has 0 N–H and O–H groups in total. The summed E-state index contributed by atoms with van der Waals surface area (Å²) in [5, 5.41) is 0. The molecule has 0 radical (unpaired) electrons. The molecule has 3 aliphatic rings. The summed E-state index contributed by atoms with van der Waals surface area (Å²) >= 11 is 0. The molecule has 2 aromatic rings.